The number of halogens is 1. The fourth-order valence-electron chi connectivity index (χ4n) is 2.76. The van der Waals surface area contributed by atoms with Gasteiger partial charge in [-0.25, -0.2) is 9.37 Å². The summed E-state index contributed by atoms with van der Waals surface area (Å²) in [6.45, 7) is 0. The first-order chi connectivity index (χ1) is 13.2. The highest BCUT2D eigenvalue weighted by Crippen LogP contribution is 2.35. The van der Waals surface area contributed by atoms with E-state index in [-0.39, 0.29) is 5.82 Å². The van der Waals surface area contributed by atoms with Gasteiger partial charge in [0.25, 0.3) is 0 Å². The molecule has 0 aliphatic heterocycles. The van der Waals surface area contributed by atoms with Crippen molar-refractivity contribution in [3.05, 3.63) is 60.4 Å². The van der Waals surface area contributed by atoms with Crippen molar-refractivity contribution < 1.29 is 4.39 Å². The maximum Gasteiger partial charge on any atom is 0.217 e. The molecular formula is C18H11FN6S2. The number of rotatable bonds is 3. The van der Waals surface area contributed by atoms with Crippen LogP contribution in [-0.4, -0.2) is 24.8 Å². The molecular weight excluding hydrogens is 383 g/mol. The molecule has 9 heteroatoms. The van der Waals surface area contributed by atoms with Gasteiger partial charge in [0.1, 0.15) is 5.82 Å². The topological polar surface area (TPSA) is 82.0 Å². The summed E-state index contributed by atoms with van der Waals surface area (Å²) in [6.07, 6.45) is 0. The first-order valence-corrected chi connectivity index (χ1v) is 9.62. The first-order valence-electron chi connectivity index (χ1n) is 7.99. The number of thiazole rings is 1. The number of aromatic nitrogens is 5. The number of fused-ring (bicyclic) bond motifs is 2. The summed E-state index contributed by atoms with van der Waals surface area (Å²) in [5.74, 6) is -0.305. The third-order valence-corrected chi connectivity index (χ3v) is 5.79. The second-order valence-corrected chi connectivity index (χ2v) is 7.81. The highest BCUT2D eigenvalue weighted by molar-refractivity contribution is 7.99. The highest BCUT2D eigenvalue weighted by Gasteiger charge is 2.14. The van der Waals surface area contributed by atoms with Gasteiger partial charge in [0, 0.05) is 10.5 Å². The van der Waals surface area contributed by atoms with Crippen molar-refractivity contribution >= 4 is 44.1 Å². The zero-order valence-electron chi connectivity index (χ0n) is 13.7. The molecule has 0 radical (unpaired) electrons. The summed E-state index contributed by atoms with van der Waals surface area (Å²) in [5.41, 5.74) is 8.62. The molecule has 2 N–H and O–H groups in total. The Hall–Kier alpha value is -3.04. The Morgan fingerprint density at radius 3 is 2.81 bits per heavy atom. The molecule has 0 bridgehead atoms. The number of hydrogen-bond acceptors (Lipinski definition) is 7. The van der Waals surface area contributed by atoms with Gasteiger partial charge in [0.05, 0.1) is 15.9 Å². The van der Waals surface area contributed by atoms with E-state index < -0.39 is 0 Å². The molecule has 6 nitrogen and oxygen atoms in total. The highest BCUT2D eigenvalue weighted by atomic mass is 32.2. The van der Waals surface area contributed by atoms with E-state index in [4.69, 9.17) is 5.73 Å². The molecule has 0 unspecified atom stereocenters. The number of nitrogens with two attached hydrogens (primary N) is 1. The zero-order chi connectivity index (χ0) is 18.4. The molecule has 3 aromatic heterocycles. The first kappa shape index (κ1) is 16.2. The van der Waals surface area contributed by atoms with Crippen LogP contribution in [0, 0.1) is 5.82 Å². The van der Waals surface area contributed by atoms with Crippen molar-refractivity contribution in [2.45, 2.75) is 10.1 Å². The van der Waals surface area contributed by atoms with Gasteiger partial charge < -0.3 is 5.73 Å². The lowest BCUT2D eigenvalue weighted by atomic mass is 10.1. The molecule has 2 aromatic carbocycles. The molecule has 5 rings (SSSR count). The van der Waals surface area contributed by atoms with E-state index in [0.29, 0.717) is 27.2 Å². The molecule has 5 aromatic rings. The van der Waals surface area contributed by atoms with Crippen LogP contribution in [0.5, 0.6) is 0 Å². The number of hydrogen-bond donors (Lipinski definition) is 1. The molecule has 132 valence electrons. The number of nitrogens with zero attached hydrogens (tertiary/aromatic N) is 5. The fraction of sp³-hybridized carbons (Fsp3) is 0. The van der Waals surface area contributed by atoms with Crippen molar-refractivity contribution in [3.8, 4) is 11.3 Å². The molecule has 0 aliphatic rings. The molecule has 0 fully saturated rings. The van der Waals surface area contributed by atoms with E-state index in [0.717, 1.165) is 15.1 Å². The molecule has 3 heterocycles. The second-order valence-electron chi connectivity index (χ2n) is 5.74. The van der Waals surface area contributed by atoms with Crippen LogP contribution in [0.25, 0.3) is 27.1 Å². The summed E-state index contributed by atoms with van der Waals surface area (Å²) in [4.78, 5) is 5.33. The van der Waals surface area contributed by atoms with Crippen molar-refractivity contribution in [1.82, 2.24) is 24.8 Å². The van der Waals surface area contributed by atoms with Gasteiger partial charge >= 0.3 is 0 Å². The van der Waals surface area contributed by atoms with E-state index in [1.165, 1.54) is 35.2 Å². The monoisotopic (exact) mass is 394 g/mol. The fourth-order valence-corrected chi connectivity index (χ4v) is 4.48. The van der Waals surface area contributed by atoms with Gasteiger partial charge in [0.15, 0.2) is 10.8 Å². The van der Waals surface area contributed by atoms with Crippen LogP contribution >= 0.6 is 23.1 Å². The summed E-state index contributed by atoms with van der Waals surface area (Å²) in [6, 6.07) is 15.8. The molecule has 0 spiro atoms. The summed E-state index contributed by atoms with van der Waals surface area (Å²) in [5, 5.41) is 14.1. The van der Waals surface area contributed by atoms with Crippen LogP contribution in [0.4, 0.5) is 9.52 Å². The summed E-state index contributed by atoms with van der Waals surface area (Å²) < 4.78 is 16.2. The average molecular weight is 394 g/mol. The largest absolute Gasteiger partial charge is 0.375 e. The van der Waals surface area contributed by atoms with Crippen molar-refractivity contribution in [3.63, 3.8) is 0 Å². The third-order valence-electron chi connectivity index (χ3n) is 3.95. The number of benzene rings is 2. The Labute approximate surface area is 160 Å². The lowest BCUT2D eigenvalue weighted by Crippen LogP contribution is -1.96. The standard InChI is InChI=1S/C18H11FN6S2/c19-11-4-1-3-10(9-11)12-7-8-15-22-23-18(25(15)24-12)27-14-6-2-5-13-16(14)21-17(20)26-13/h1-9H,(H2,20,21). The maximum atomic E-state index is 13.5. The zero-order valence-corrected chi connectivity index (χ0v) is 15.3. The Morgan fingerprint density at radius 1 is 1.04 bits per heavy atom. The maximum absolute atomic E-state index is 13.5. The Bertz CT molecular complexity index is 1300. The van der Waals surface area contributed by atoms with Gasteiger partial charge in [0.2, 0.25) is 5.16 Å². The molecule has 0 saturated heterocycles. The van der Waals surface area contributed by atoms with Gasteiger partial charge in [-0.15, -0.1) is 10.2 Å². The van der Waals surface area contributed by atoms with Crippen LogP contribution in [0.2, 0.25) is 0 Å². The number of nitrogen functional groups attached to an aromatic ring is 1. The summed E-state index contributed by atoms with van der Waals surface area (Å²) >= 11 is 2.86. The Balaban J connectivity index is 1.60. The van der Waals surface area contributed by atoms with E-state index in [1.54, 1.807) is 16.6 Å². The van der Waals surface area contributed by atoms with E-state index in [9.17, 15) is 4.39 Å². The minimum absolute atomic E-state index is 0.305. The average Bonchev–Trinajstić information content (AvgIpc) is 3.24. The van der Waals surface area contributed by atoms with Gasteiger partial charge in [-0.2, -0.15) is 9.61 Å². The van der Waals surface area contributed by atoms with Crippen molar-refractivity contribution in [2.75, 3.05) is 5.73 Å². The normalized spacial score (nSPS) is 11.4. The van der Waals surface area contributed by atoms with Crippen molar-refractivity contribution in [1.29, 1.82) is 0 Å². The second kappa shape index (κ2) is 6.29. The molecule has 0 aliphatic carbocycles. The van der Waals surface area contributed by atoms with Gasteiger partial charge in [-0.3, -0.25) is 0 Å². The van der Waals surface area contributed by atoms with Crippen LogP contribution in [-0.2, 0) is 0 Å². The van der Waals surface area contributed by atoms with Gasteiger partial charge in [-0.1, -0.05) is 29.5 Å². The molecule has 0 saturated carbocycles. The molecule has 27 heavy (non-hydrogen) atoms. The summed E-state index contributed by atoms with van der Waals surface area (Å²) in [7, 11) is 0. The minimum Gasteiger partial charge on any atom is -0.375 e. The van der Waals surface area contributed by atoms with Gasteiger partial charge in [-0.05, 0) is 48.2 Å². The molecule has 0 amide bonds. The number of para-hydroxylation sites is 1. The Kier molecular flexibility index (Phi) is 3.76. The predicted molar refractivity (Wildman–Crippen MR) is 104 cm³/mol. The van der Waals surface area contributed by atoms with E-state index in [2.05, 4.69) is 20.3 Å². The third kappa shape index (κ3) is 2.90. The number of anilines is 1. The van der Waals surface area contributed by atoms with Crippen molar-refractivity contribution in [2.24, 2.45) is 0 Å². The smallest absolute Gasteiger partial charge is 0.217 e. The van der Waals surface area contributed by atoms with Crippen LogP contribution < -0.4 is 5.73 Å². The quantitative estimate of drug-likeness (QED) is 0.492. The lowest BCUT2D eigenvalue weighted by Gasteiger charge is -2.04. The van der Waals surface area contributed by atoms with Crippen LogP contribution in [0.3, 0.4) is 0 Å². The van der Waals surface area contributed by atoms with Crippen LogP contribution in [0.1, 0.15) is 0 Å². The predicted octanol–water partition coefficient (Wildman–Crippen LogP) is 4.27. The SMILES string of the molecule is Nc1nc2c(Sc3nnc4ccc(-c5cccc(F)c5)nn34)cccc2s1. The lowest BCUT2D eigenvalue weighted by molar-refractivity contribution is 0.628. The minimum atomic E-state index is -0.305. The Morgan fingerprint density at radius 2 is 1.93 bits per heavy atom. The van der Waals surface area contributed by atoms with E-state index in [1.807, 2.05) is 30.3 Å². The molecule has 0 atom stereocenters. The van der Waals surface area contributed by atoms with Crippen LogP contribution in [0.15, 0.2) is 64.6 Å². The van der Waals surface area contributed by atoms with E-state index >= 15 is 0 Å².